The Balaban J connectivity index is 1.75. The second-order valence-electron chi connectivity index (χ2n) is 7.23. The standard InChI is InChI=1S/C23H21ClN2O5/c24-22-16(5-4-10-25-22)11-21(26-17-6-2-1-3-7-17)23-9-8-20(31-23)18(12-29-14-27)19(23)13-30-15-28/h1-10,14-15,20-21,26H,11-13H2. The summed E-state index contributed by atoms with van der Waals surface area (Å²) in [7, 11) is 0. The van der Waals surface area contributed by atoms with Gasteiger partial charge in [-0.2, -0.15) is 0 Å². The van der Waals surface area contributed by atoms with Crippen LogP contribution in [0.15, 0.2) is 72.0 Å². The Bertz CT molecular complexity index is 1010. The first-order valence-corrected chi connectivity index (χ1v) is 10.2. The lowest BCUT2D eigenvalue weighted by molar-refractivity contribution is -0.129. The summed E-state index contributed by atoms with van der Waals surface area (Å²) in [4.78, 5) is 25.9. The van der Waals surface area contributed by atoms with Crippen LogP contribution in [0.1, 0.15) is 5.56 Å². The SMILES string of the molecule is O=COCC1=C(COC=O)C2(C(Cc3cccnc3Cl)Nc3ccccc3)C=CC1O2. The minimum Gasteiger partial charge on any atom is -0.463 e. The summed E-state index contributed by atoms with van der Waals surface area (Å²) < 4.78 is 16.6. The Labute approximate surface area is 184 Å². The van der Waals surface area contributed by atoms with Crippen LogP contribution in [0.3, 0.4) is 0 Å². The molecule has 1 N–H and O–H groups in total. The first-order chi connectivity index (χ1) is 15.2. The van der Waals surface area contributed by atoms with Crippen LogP contribution in [-0.4, -0.2) is 48.9 Å². The predicted octanol–water partition coefficient (Wildman–Crippen LogP) is 3.11. The summed E-state index contributed by atoms with van der Waals surface area (Å²) in [6.45, 7) is 0.869. The van der Waals surface area contributed by atoms with E-state index < -0.39 is 5.60 Å². The topological polar surface area (TPSA) is 86.8 Å². The quantitative estimate of drug-likeness (QED) is 0.326. The zero-order valence-electron chi connectivity index (χ0n) is 16.6. The van der Waals surface area contributed by atoms with E-state index in [-0.39, 0.29) is 25.4 Å². The van der Waals surface area contributed by atoms with E-state index in [1.807, 2.05) is 54.6 Å². The summed E-state index contributed by atoms with van der Waals surface area (Å²) in [5.74, 6) is 0. The van der Waals surface area contributed by atoms with Gasteiger partial charge in [0.15, 0.2) is 0 Å². The van der Waals surface area contributed by atoms with Crippen molar-refractivity contribution in [2.75, 3.05) is 18.5 Å². The van der Waals surface area contributed by atoms with Crippen LogP contribution in [0.5, 0.6) is 0 Å². The molecule has 4 rings (SSSR count). The number of fused-ring (bicyclic) bond motifs is 2. The Hall–Kier alpha value is -3.16. The molecule has 1 aromatic carbocycles. The van der Waals surface area contributed by atoms with Crippen molar-refractivity contribution in [3.05, 3.63) is 82.7 Å². The molecule has 0 aliphatic carbocycles. The molecular formula is C23H21ClN2O5. The van der Waals surface area contributed by atoms with Gasteiger partial charge in [0.2, 0.25) is 0 Å². The van der Waals surface area contributed by atoms with E-state index in [0.717, 1.165) is 22.4 Å². The van der Waals surface area contributed by atoms with Gasteiger partial charge in [-0.05, 0) is 36.3 Å². The number of carbonyl (C=O) groups excluding carboxylic acids is 2. The largest absolute Gasteiger partial charge is 0.463 e. The fraction of sp³-hybridized carbons (Fsp3) is 0.261. The summed E-state index contributed by atoms with van der Waals surface area (Å²) in [6, 6.07) is 13.2. The van der Waals surface area contributed by atoms with E-state index in [1.165, 1.54) is 0 Å². The molecule has 0 saturated carbocycles. The first-order valence-electron chi connectivity index (χ1n) is 9.79. The number of nitrogens with zero attached hydrogens (tertiary/aromatic N) is 1. The van der Waals surface area contributed by atoms with Crippen molar-refractivity contribution in [1.29, 1.82) is 0 Å². The van der Waals surface area contributed by atoms with Gasteiger partial charge in [-0.1, -0.05) is 41.9 Å². The maximum absolute atomic E-state index is 11.0. The Morgan fingerprint density at radius 3 is 2.65 bits per heavy atom. The van der Waals surface area contributed by atoms with Crippen molar-refractivity contribution in [3.63, 3.8) is 0 Å². The number of benzene rings is 1. The van der Waals surface area contributed by atoms with Gasteiger partial charge in [0.1, 0.15) is 30.1 Å². The van der Waals surface area contributed by atoms with Gasteiger partial charge in [-0.15, -0.1) is 0 Å². The lowest BCUT2D eigenvalue weighted by Crippen LogP contribution is -2.48. The molecule has 2 aromatic rings. The molecule has 0 spiro atoms. The number of nitrogens with one attached hydrogen (secondary N) is 1. The number of halogens is 1. The van der Waals surface area contributed by atoms with Gasteiger partial charge >= 0.3 is 0 Å². The van der Waals surface area contributed by atoms with Crippen LogP contribution in [0, 0.1) is 0 Å². The van der Waals surface area contributed by atoms with E-state index in [0.29, 0.717) is 24.5 Å². The van der Waals surface area contributed by atoms with Gasteiger partial charge in [-0.25, -0.2) is 4.98 Å². The van der Waals surface area contributed by atoms with Gasteiger partial charge in [0, 0.05) is 23.0 Å². The number of ether oxygens (including phenoxy) is 3. The van der Waals surface area contributed by atoms with Crippen LogP contribution in [0.25, 0.3) is 0 Å². The van der Waals surface area contributed by atoms with Gasteiger partial charge in [-0.3, -0.25) is 9.59 Å². The van der Waals surface area contributed by atoms with Crippen LogP contribution in [-0.2, 0) is 30.2 Å². The average molecular weight is 441 g/mol. The molecule has 160 valence electrons. The highest BCUT2D eigenvalue weighted by atomic mass is 35.5. The van der Waals surface area contributed by atoms with Crippen LogP contribution in [0.4, 0.5) is 5.69 Å². The number of hydrogen-bond acceptors (Lipinski definition) is 7. The summed E-state index contributed by atoms with van der Waals surface area (Å²) in [5, 5.41) is 3.96. The smallest absolute Gasteiger partial charge is 0.293 e. The zero-order chi connectivity index (χ0) is 21.7. The number of pyridine rings is 1. The lowest BCUT2D eigenvalue weighted by atomic mass is 9.79. The van der Waals surface area contributed by atoms with Crippen molar-refractivity contribution in [1.82, 2.24) is 4.98 Å². The fourth-order valence-corrected chi connectivity index (χ4v) is 4.36. The van der Waals surface area contributed by atoms with Crippen molar-refractivity contribution in [2.24, 2.45) is 0 Å². The molecule has 8 heteroatoms. The molecule has 3 unspecified atom stereocenters. The Kier molecular flexibility index (Phi) is 6.34. The van der Waals surface area contributed by atoms with E-state index in [4.69, 9.17) is 25.8 Å². The maximum atomic E-state index is 11.0. The highest BCUT2D eigenvalue weighted by Gasteiger charge is 2.53. The maximum Gasteiger partial charge on any atom is 0.293 e. The second kappa shape index (κ2) is 9.32. The van der Waals surface area contributed by atoms with Crippen LogP contribution in [0.2, 0.25) is 5.15 Å². The zero-order valence-corrected chi connectivity index (χ0v) is 17.3. The molecule has 2 aliphatic rings. The lowest BCUT2D eigenvalue weighted by Gasteiger charge is -2.37. The van der Waals surface area contributed by atoms with E-state index in [9.17, 15) is 9.59 Å². The summed E-state index contributed by atoms with van der Waals surface area (Å²) >= 11 is 6.35. The third-order valence-corrected chi connectivity index (χ3v) is 5.88. The molecule has 0 radical (unpaired) electrons. The molecule has 0 amide bonds. The number of anilines is 1. The molecule has 2 bridgehead atoms. The highest BCUT2D eigenvalue weighted by molar-refractivity contribution is 6.30. The Morgan fingerprint density at radius 2 is 1.90 bits per heavy atom. The number of carbonyl (C=O) groups is 2. The normalized spacial score (nSPS) is 22.3. The number of rotatable bonds is 11. The minimum atomic E-state index is -0.912. The monoisotopic (exact) mass is 440 g/mol. The predicted molar refractivity (Wildman–Crippen MR) is 115 cm³/mol. The van der Waals surface area contributed by atoms with E-state index >= 15 is 0 Å². The summed E-state index contributed by atoms with van der Waals surface area (Å²) in [5.41, 5.74) is 2.36. The molecule has 3 atom stereocenters. The van der Waals surface area contributed by atoms with E-state index in [1.54, 1.807) is 6.20 Å². The van der Waals surface area contributed by atoms with Crippen molar-refractivity contribution < 1.29 is 23.8 Å². The highest BCUT2D eigenvalue weighted by Crippen LogP contribution is 2.47. The molecule has 7 nitrogen and oxygen atoms in total. The van der Waals surface area contributed by atoms with Crippen molar-refractivity contribution in [2.45, 2.75) is 24.2 Å². The van der Waals surface area contributed by atoms with Crippen LogP contribution >= 0.6 is 11.6 Å². The fourth-order valence-electron chi connectivity index (χ4n) is 4.16. The molecule has 31 heavy (non-hydrogen) atoms. The average Bonchev–Trinajstić information content (AvgIpc) is 3.36. The first kappa shape index (κ1) is 21.1. The molecular weight excluding hydrogens is 420 g/mol. The van der Waals surface area contributed by atoms with Crippen LogP contribution < -0.4 is 5.32 Å². The van der Waals surface area contributed by atoms with Gasteiger partial charge < -0.3 is 19.5 Å². The van der Waals surface area contributed by atoms with Crippen molar-refractivity contribution in [3.8, 4) is 0 Å². The third kappa shape index (κ3) is 4.19. The number of para-hydroxylation sites is 1. The minimum absolute atomic E-state index is 0.0234. The molecule has 2 aliphatic heterocycles. The Morgan fingerprint density at radius 1 is 1.13 bits per heavy atom. The van der Waals surface area contributed by atoms with Crippen molar-refractivity contribution >= 4 is 30.2 Å². The molecule has 0 saturated heterocycles. The number of hydrogen-bond donors (Lipinski definition) is 1. The van der Waals surface area contributed by atoms with E-state index in [2.05, 4.69) is 10.3 Å². The molecule has 1 aromatic heterocycles. The molecule has 3 heterocycles. The van der Waals surface area contributed by atoms with Gasteiger partial charge in [0.05, 0.1) is 6.04 Å². The summed E-state index contributed by atoms with van der Waals surface area (Å²) in [6.07, 6.45) is 5.66. The third-order valence-electron chi connectivity index (χ3n) is 5.54. The van der Waals surface area contributed by atoms with Gasteiger partial charge in [0.25, 0.3) is 12.9 Å². The number of aromatic nitrogens is 1. The molecule has 0 fully saturated rings. The second-order valence-corrected chi connectivity index (χ2v) is 7.59.